The molecular formula is C22H31ClN4O3. The van der Waals surface area contributed by atoms with Gasteiger partial charge in [0.1, 0.15) is 17.7 Å². The van der Waals surface area contributed by atoms with Gasteiger partial charge in [-0.05, 0) is 31.5 Å². The summed E-state index contributed by atoms with van der Waals surface area (Å²) in [6, 6.07) is 9.75. The fourth-order valence-electron chi connectivity index (χ4n) is 2.87. The van der Waals surface area contributed by atoms with Crippen LogP contribution in [0.1, 0.15) is 39.0 Å². The number of carbonyl (C=O) groups excluding carboxylic acids is 2. The molecule has 2 amide bonds. The van der Waals surface area contributed by atoms with E-state index in [0.29, 0.717) is 12.4 Å². The first-order valence-electron chi connectivity index (χ1n) is 9.92. The predicted molar refractivity (Wildman–Crippen MR) is 119 cm³/mol. The fraction of sp³-hybridized carbons (Fsp3) is 0.500. The lowest BCUT2D eigenvalue weighted by atomic mass is 9.92. The van der Waals surface area contributed by atoms with Gasteiger partial charge in [0.05, 0.1) is 18.0 Å². The predicted octanol–water partition coefficient (Wildman–Crippen LogP) is 3.52. The maximum absolute atomic E-state index is 12.8. The van der Waals surface area contributed by atoms with E-state index >= 15 is 0 Å². The number of benzene rings is 1. The minimum Gasteiger partial charge on any atom is -0.383 e. The van der Waals surface area contributed by atoms with Crippen molar-refractivity contribution in [1.29, 1.82) is 0 Å². The van der Waals surface area contributed by atoms with Crippen LogP contribution in [0.5, 0.6) is 0 Å². The number of aryl methyl sites for hydroxylation is 1. The van der Waals surface area contributed by atoms with Gasteiger partial charge in [0.25, 0.3) is 0 Å². The second-order valence-electron chi connectivity index (χ2n) is 8.33. The van der Waals surface area contributed by atoms with Crippen molar-refractivity contribution in [2.24, 2.45) is 0 Å². The van der Waals surface area contributed by atoms with Gasteiger partial charge in [-0.1, -0.05) is 32.9 Å². The monoisotopic (exact) mass is 434 g/mol. The number of halogens is 1. The van der Waals surface area contributed by atoms with E-state index in [1.807, 2.05) is 37.3 Å². The Kier molecular flexibility index (Phi) is 8.03. The highest BCUT2D eigenvalue weighted by Gasteiger charge is 2.24. The Balaban J connectivity index is 2.30. The first kappa shape index (κ1) is 23.9. The number of carbonyl (C=O) groups is 2. The molecule has 0 spiro atoms. The van der Waals surface area contributed by atoms with Crippen molar-refractivity contribution in [3.8, 4) is 5.69 Å². The molecule has 2 aromatic rings. The Hall–Kier alpha value is -2.38. The van der Waals surface area contributed by atoms with E-state index in [1.54, 1.807) is 18.7 Å². The van der Waals surface area contributed by atoms with Gasteiger partial charge in [-0.2, -0.15) is 5.10 Å². The highest BCUT2D eigenvalue weighted by molar-refractivity contribution is 6.30. The zero-order valence-corrected chi connectivity index (χ0v) is 19.3. The van der Waals surface area contributed by atoms with Crippen LogP contribution in [0, 0.1) is 6.92 Å². The van der Waals surface area contributed by atoms with E-state index in [4.69, 9.17) is 21.4 Å². The number of nitrogens with one attached hydrogen (secondary N) is 1. The molecule has 0 bridgehead atoms. The third kappa shape index (κ3) is 6.31. The molecule has 1 atom stereocenters. The largest absolute Gasteiger partial charge is 0.383 e. The normalized spacial score (nSPS) is 12.5. The summed E-state index contributed by atoms with van der Waals surface area (Å²) in [7, 11) is 1.54. The zero-order valence-electron chi connectivity index (χ0n) is 18.5. The Morgan fingerprint density at radius 3 is 2.57 bits per heavy atom. The van der Waals surface area contributed by atoms with Crippen molar-refractivity contribution < 1.29 is 14.3 Å². The summed E-state index contributed by atoms with van der Waals surface area (Å²) in [5, 5.41) is 6.90. The van der Waals surface area contributed by atoms with Crippen LogP contribution in [0.2, 0.25) is 0 Å². The number of hydrogen-bond acceptors (Lipinski definition) is 4. The van der Waals surface area contributed by atoms with Crippen LogP contribution in [0.3, 0.4) is 0 Å². The Morgan fingerprint density at radius 1 is 1.30 bits per heavy atom. The first-order chi connectivity index (χ1) is 14.0. The van der Waals surface area contributed by atoms with Gasteiger partial charge in [-0.3, -0.25) is 9.59 Å². The molecule has 1 heterocycles. The van der Waals surface area contributed by atoms with Crippen LogP contribution in [0.15, 0.2) is 30.3 Å². The average molecular weight is 435 g/mol. The summed E-state index contributed by atoms with van der Waals surface area (Å²) >= 11 is 5.94. The number of amides is 2. The number of nitrogens with zero attached hydrogens (tertiary/aromatic N) is 3. The quantitative estimate of drug-likeness (QED) is 0.645. The number of hydrogen-bond donors (Lipinski definition) is 1. The highest BCUT2D eigenvalue weighted by atomic mass is 35.5. The Labute approximate surface area is 183 Å². The van der Waals surface area contributed by atoms with Crippen LogP contribution in [-0.4, -0.2) is 58.7 Å². The summed E-state index contributed by atoms with van der Waals surface area (Å²) in [4.78, 5) is 26.5. The number of rotatable bonds is 8. The smallest absolute Gasteiger partial charge is 0.245 e. The summed E-state index contributed by atoms with van der Waals surface area (Å²) in [5.41, 5.74) is 2.59. The summed E-state index contributed by atoms with van der Waals surface area (Å²) in [6.07, 6.45) is 0. The maximum Gasteiger partial charge on any atom is 0.245 e. The van der Waals surface area contributed by atoms with Crippen LogP contribution in [-0.2, 0) is 19.7 Å². The van der Waals surface area contributed by atoms with E-state index in [9.17, 15) is 9.59 Å². The van der Waals surface area contributed by atoms with Gasteiger partial charge in [0.2, 0.25) is 11.8 Å². The van der Waals surface area contributed by atoms with Gasteiger partial charge >= 0.3 is 0 Å². The van der Waals surface area contributed by atoms with E-state index in [2.05, 4.69) is 26.1 Å². The highest BCUT2D eigenvalue weighted by Crippen LogP contribution is 2.26. The van der Waals surface area contributed by atoms with Crippen molar-refractivity contribution in [3.63, 3.8) is 0 Å². The van der Waals surface area contributed by atoms with Crippen LogP contribution < -0.4 is 5.32 Å². The van der Waals surface area contributed by atoms with Crippen molar-refractivity contribution in [1.82, 2.24) is 14.7 Å². The van der Waals surface area contributed by atoms with E-state index < -0.39 is 5.38 Å². The molecule has 0 aliphatic carbocycles. The molecule has 30 heavy (non-hydrogen) atoms. The van der Waals surface area contributed by atoms with Gasteiger partial charge in [-0.25, -0.2) is 4.68 Å². The first-order valence-corrected chi connectivity index (χ1v) is 10.4. The average Bonchev–Trinajstić information content (AvgIpc) is 3.08. The van der Waals surface area contributed by atoms with Crippen molar-refractivity contribution in [2.45, 2.75) is 45.4 Å². The summed E-state index contributed by atoms with van der Waals surface area (Å²) < 4.78 is 6.77. The van der Waals surface area contributed by atoms with Gasteiger partial charge in [0, 0.05) is 25.1 Å². The van der Waals surface area contributed by atoms with E-state index in [0.717, 1.165) is 16.9 Å². The van der Waals surface area contributed by atoms with Crippen LogP contribution in [0.25, 0.3) is 5.69 Å². The lowest BCUT2D eigenvalue weighted by Gasteiger charge is -2.23. The molecule has 164 valence electrons. The molecule has 7 nitrogen and oxygen atoms in total. The molecule has 0 aliphatic heterocycles. The lowest BCUT2D eigenvalue weighted by Crippen LogP contribution is -2.43. The number of ether oxygens (including phenoxy) is 1. The van der Waals surface area contributed by atoms with E-state index in [1.165, 1.54) is 4.90 Å². The molecule has 1 unspecified atom stereocenters. The van der Waals surface area contributed by atoms with Crippen molar-refractivity contribution in [2.75, 3.05) is 32.1 Å². The third-order valence-corrected chi connectivity index (χ3v) is 4.73. The number of methoxy groups -OCH3 is 1. The lowest BCUT2D eigenvalue weighted by molar-refractivity contribution is -0.134. The van der Waals surface area contributed by atoms with E-state index in [-0.39, 0.29) is 30.3 Å². The fourth-order valence-corrected chi connectivity index (χ4v) is 3.01. The molecule has 0 fully saturated rings. The van der Waals surface area contributed by atoms with Gasteiger partial charge in [-0.15, -0.1) is 11.6 Å². The number of alkyl halides is 1. The summed E-state index contributed by atoms with van der Waals surface area (Å²) in [5.74, 6) is -0.0916. The second-order valence-corrected chi connectivity index (χ2v) is 8.99. The molecule has 8 heteroatoms. The molecule has 1 N–H and O–H groups in total. The van der Waals surface area contributed by atoms with Crippen LogP contribution in [0.4, 0.5) is 5.82 Å². The standard InChI is InChI=1S/C22H31ClN4O3/c1-15-8-7-9-17(12-15)27-19(13-18(25-27)22(3,4)5)24-20(28)14-26(10-11-30-6)21(29)16(2)23/h7-9,12-13,16H,10-11,14H2,1-6H3,(H,24,28). The molecule has 1 aromatic heterocycles. The minimum absolute atomic E-state index is 0.122. The molecule has 0 saturated heterocycles. The molecule has 2 rings (SSSR count). The van der Waals surface area contributed by atoms with Crippen molar-refractivity contribution >= 4 is 29.2 Å². The number of anilines is 1. The molecule has 0 aliphatic rings. The zero-order chi connectivity index (χ0) is 22.5. The molecule has 0 radical (unpaired) electrons. The maximum atomic E-state index is 12.8. The SMILES string of the molecule is COCCN(CC(=O)Nc1cc(C(C)(C)C)nn1-c1cccc(C)c1)C(=O)C(C)Cl. The van der Waals surface area contributed by atoms with Gasteiger partial charge in [0.15, 0.2) is 0 Å². The topological polar surface area (TPSA) is 76.5 Å². The Bertz CT molecular complexity index is 887. The minimum atomic E-state index is -0.722. The molecular weight excluding hydrogens is 404 g/mol. The second kappa shape index (κ2) is 10.1. The van der Waals surface area contributed by atoms with Crippen LogP contribution >= 0.6 is 11.6 Å². The number of aromatic nitrogens is 2. The summed E-state index contributed by atoms with van der Waals surface area (Å²) in [6.45, 7) is 10.3. The molecule has 1 aromatic carbocycles. The Morgan fingerprint density at radius 2 is 2.00 bits per heavy atom. The van der Waals surface area contributed by atoms with Crippen molar-refractivity contribution in [3.05, 3.63) is 41.6 Å². The van der Waals surface area contributed by atoms with Gasteiger partial charge < -0.3 is 15.0 Å². The molecule has 0 saturated carbocycles. The third-order valence-electron chi connectivity index (χ3n) is 4.54.